The number of nitrogens with one attached hydrogen (secondary N) is 1. The molecule has 0 radical (unpaired) electrons. The Hall–Kier alpha value is -1.36. The zero-order valence-corrected chi connectivity index (χ0v) is 16.7. The molecule has 25 heavy (non-hydrogen) atoms. The molecule has 0 aliphatic heterocycles. The minimum atomic E-state index is 0.151. The van der Waals surface area contributed by atoms with Gasteiger partial charge in [0, 0.05) is 18.7 Å². The highest BCUT2D eigenvalue weighted by molar-refractivity contribution is 5.92. The summed E-state index contributed by atoms with van der Waals surface area (Å²) >= 11 is 0. The second kappa shape index (κ2) is 8.84. The van der Waals surface area contributed by atoms with Crippen molar-refractivity contribution in [2.45, 2.75) is 66.8 Å². The third-order valence-electron chi connectivity index (χ3n) is 5.76. The zero-order chi connectivity index (χ0) is 18.4. The highest BCUT2D eigenvalue weighted by atomic mass is 16.1. The monoisotopic (exact) mass is 348 g/mol. The van der Waals surface area contributed by atoms with Crippen molar-refractivity contribution in [2.75, 3.05) is 25.0 Å². The van der Waals surface area contributed by atoms with Gasteiger partial charge in [-0.25, -0.2) is 0 Å². The summed E-state index contributed by atoms with van der Waals surface area (Å²) in [6.07, 6.45) is 8.03. The van der Waals surface area contributed by atoms with E-state index in [1.54, 1.807) is 6.20 Å². The highest BCUT2D eigenvalue weighted by Gasteiger charge is 2.32. The number of rotatable bonds is 7. The Balaban J connectivity index is 1.80. The van der Waals surface area contributed by atoms with Crippen LogP contribution in [0.1, 0.15) is 60.3 Å². The SMILES string of the molecule is CCN(CC)CCn1cc(NC(=O)C2CCC(C(C)(C)C)CC2)cn1. The van der Waals surface area contributed by atoms with E-state index in [4.69, 9.17) is 0 Å². The van der Waals surface area contributed by atoms with E-state index in [-0.39, 0.29) is 11.8 Å². The molecule has 0 saturated heterocycles. The number of amides is 1. The Morgan fingerprint density at radius 1 is 1.24 bits per heavy atom. The van der Waals surface area contributed by atoms with Gasteiger partial charge in [-0.05, 0) is 50.1 Å². The van der Waals surface area contributed by atoms with E-state index in [9.17, 15) is 4.79 Å². The molecule has 1 aromatic rings. The molecule has 142 valence electrons. The molecule has 1 aliphatic carbocycles. The van der Waals surface area contributed by atoms with Gasteiger partial charge in [-0.15, -0.1) is 0 Å². The molecule has 1 fully saturated rings. The number of carbonyl (C=O) groups is 1. The lowest BCUT2D eigenvalue weighted by molar-refractivity contribution is -0.121. The Labute approximate surface area is 153 Å². The van der Waals surface area contributed by atoms with Crippen LogP contribution in [-0.4, -0.2) is 40.2 Å². The molecule has 5 heteroatoms. The third kappa shape index (κ3) is 5.84. The first-order chi connectivity index (χ1) is 11.8. The Morgan fingerprint density at radius 3 is 2.44 bits per heavy atom. The van der Waals surface area contributed by atoms with E-state index < -0.39 is 0 Å². The number of carbonyl (C=O) groups excluding carboxylic acids is 1. The lowest BCUT2D eigenvalue weighted by atomic mass is 9.69. The molecule has 0 spiro atoms. The van der Waals surface area contributed by atoms with Crippen LogP contribution in [0.25, 0.3) is 0 Å². The maximum absolute atomic E-state index is 12.5. The summed E-state index contributed by atoms with van der Waals surface area (Å²) in [5, 5.41) is 7.44. The molecule has 5 nitrogen and oxygen atoms in total. The van der Waals surface area contributed by atoms with Crippen molar-refractivity contribution in [3.63, 3.8) is 0 Å². The Kier molecular flexibility index (Phi) is 7.05. The van der Waals surface area contributed by atoms with Crippen molar-refractivity contribution in [1.29, 1.82) is 0 Å². The molecular formula is C20H36N4O. The fourth-order valence-electron chi connectivity index (χ4n) is 3.80. The van der Waals surface area contributed by atoms with Crippen LogP contribution in [0.4, 0.5) is 5.69 Å². The first kappa shape index (κ1) is 20.0. The predicted octanol–water partition coefficient (Wildman–Crippen LogP) is 4.02. The van der Waals surface area contributed by atoms with Gasteiger partial charge in [0.25, 0.3) is 0 Å². The minimum absolute atomic E-state index is 0.151. The maximum Gasteiger partial charge on any atom is 0.227 e. The van der Waals surface area contributed by atoms with Gasteiger partial charge < -0.3 is 10.2 Å². The largest absolute Gasteiger partial charge is 0.323 e. The average molecular weight is 349 g/mol. The van der Waals surface area contributed by atoms with Gasteiger partial charge in [0.15, 0.2) is 0 Å². The minimum Gasteiger partial charge on any atom is -0.323 e. The van der Waals surface area contributed by atoms with Gasteiger partial charge >= 0.3 is 0 Å². The second-order valence-corrected chi connectivity index (χ2v) is 8.42. The Bertz CT molecular complexity index is 534. The molecule has 2 rings (SSSR count). The maximum atomic E-state index is 12.5. The van der Waals surface area contributed by atoms with Gasteiger partial charge in [0.2, 0.25) is 5.91 Å². The summed E-state index contributed by atoms with van der Waals surface area (Å²) in [4.78, 5) is 14.9. The van der Waals surface area contributed by atoms with Crippen molar-refractivity contribution in [1.82, 2.24) is 14.7 Å². The summed E-state index contributed by atoms with van der Waals surface area (Å²) in [5.74, 6) is 1.05. The normalized spacial score (nSPS) is 21.5. The van der Waals surface area contributed by atoms with Crippen molar-refractivity contribution < 1.29 is 4.79 Å². The van der Waals surface area contributed by atoms with E-state index in [1.807, 2.05) is 10.9 Å². The fourth-order valence-corrected chi connectivity index (χ4v) is 3.80. The van der Waals surface area contributed by atoms with Gasteiger partial charge in [-0.3, -0.25) is 9.48 Å². The lowest BCUT2D eigenvalue weighted by Gasteiger charge is -2.36. The first-order valence-electron chi connectivity index (χ1n) is 9.89. The number of likely N-dealkylation sites (N-methyl/N-ethyl adjacent to an activating group) is 1. The average Bonchev–Trinajstić information content (AvgIpc) is 3.02. The van der Waals surface area contributed by atoms with Crippen molar-refractivity contribution in [2.24, 2.45) is 17.3 Å². The third-order valence-corrected chi connectivity index (χ3v) is 5.76. The zero-order valence-electron chi connectivity index (χ0n) is 16.7. The van der Waals surface area contributed by atoms with Crippen LogP contribution in [-0.2, 0) is 11.3 Å². The van der Waals surface area contributed by atoms with E-state index in [0.717, 1.165) is 63.5 Å². The molecule has 0 aromatic carbocycles. The van der Waals surface area contributed by atoms with E-state index in [2.05, 4.69) is 49.9 Å². The summed E-state index contributed by atoms with van der Waals surface area (Å²) in [6.45, 7) is 15.2. The van der Waals surface area contributed by atoms with E-state index >= 15 is 0 Å². The molecule has 0 bridgehead atoms. The first-order valence-corrected chi connectivity index (χ1v) is 9.89. The van der Waals surface area contributed by atoms with Crippen LogP contribution in [0.2, 0.25) is 0 Å². The number of aromatic nitrogens is 2. The molecule has 0 atom stereocenters. The molecule has 1 heterocycles. The van der Waals surface area contributed by atoms with Crippen molar-refractivity contribution >= 4 is 11.6 Å². The van der Waals surface area contributed by atoms with Crippen LogP contribution in [0.15, 0.2) is 12.4 Å². The predicted molar refractivity (Wildman–Crippen MR) is 104 cm³/mol. The molecule has 1 amide bonds. The van der Waals surface area contributed by atoms with Gasteiger partial charge in [-0.1, -0.05) is 34.6 Å². The molecular weight excluding hydrogens is 312 g/mol. The summed E-state index contributed by atoms with van der Waals surface area (Å²) < 4.78 is 1.92. The number of nitrogens with zero attached hydrogens (tertiary/aromatic N) is 3. The standard InChI is InChI=1S/C20H36N4O/c1-6-23(7-2)12-13-24-15-18(14-21-24)22-19(25)16-8-10-17(11-9-16)20(3,4)5/h14-17H,6-13H2,1-5H3,(H,22,25). The van der Waals surface area contributed by atoms with Gasteiger partial charge in [0.1, 0.15) is 0 Å². The Morgan fingerprint density at radius 2 is 1.88 bits per heavy atom. The summed E-state index contributed by atoms with van der Waals surface area (Å²) in [7, 11) is 0. The topological polar surface area (TPSA) is 50.2 Å². The van der Waals surface area contributed by atoms with Gasteiger partial charge in [-0.2, -0.15) is 5.10 Å². The molecule has 1 N–H and O–H groups in total. The quantitative estimate of drug-likeness (QED) is 0.810. The fraction of sp³-hybridized carbons (Fsp3) is 0.800. The van der Waals surface area contributed by atoms with Crippen LogP contribution in [0.3, 0.4) is 0 Å². The van der Waals surface area contributed by atoms with Crippen molar-refractivity contribution in [3.8, 4) is 0 Å². The molecule has 1 aromatic heterocycles. The summed E-state index contributed by atoms with van der Waals surface area (Å²) in [5.41, 5.74) is 1.18. The van der Waals surface area contributed by atoms with Gasteiger partial charge in [0.05, 0.1) is 18.4 Å². The lowest BCUT2D eigenvalue weighted by Crippen LogP contribution is -2.31. The number of anilines is 1. The van der Waals surface area contributed by atoms with Crippen LogP contribution in [0.5, 0.6) is 0 Å². The molecule has 1 aliphatic rings. The van der Waals surface area contributed by atoms with Crippen LogP contribution in [0, 0.1) is 17.3 Å². The number of hydrogen-bond donors (Lipinski definition) is 1. The van der Waals surface area contributed by atoms with Crippen LogP contribution >= 0.6 is 0 Å². The highest BCUT2D eigenvalue weighted by Crippen LogP contribution is 2.40. The molecule has 1 saturated carbocycles. The van der Waals surface area contributed by atoms with E-state index in [1.165, 1.54) is 0 Å². The van der Waals surface area contributed by atoms with E-state index in [0.29, 0.717) is 5.41 Å². The second-order valence-electron chi connectivity index (χ2n) is 8.42. The number of hydrogen-bond acceptors (Lipinski definition) is 3. The molecule has 0 unspecified atom stereocenters. The van der Waals surface area contributed by atoms with Crippen molar-refractivity contribution in [3.05, 3.63) is 12.4 Å². The van der Waals surface area contributed by atoms with Crippen LogP contribution < -0.4 is 5.32 Å². The summed E-state index contributed by atoms with van der Waals surface area (Å²) in [6, 6.07) is 0. The smallest absolute Gasteiger partial charge is 0.227 e.